The SMILES string of the molecule is c1ccc(-c2nc(-c3cccc(-n4c5ccc6ccccc6c5c5ccc6nc(-c7ccccc7)oc6c54)c3)nc(-c3cccc4c3oc3ccccc34)n2)cc1. The highest BCUT2D eigenvalue weighted by atomic mass is 16.3. The summed E-state index contributed by atoms with van der Waals surface area (Å²) >= 11 is 0. The maximum absolute atomic E-state index is 6.70. The zero-order chi connectivity index (χ0) is 37.5. The van der Waals surface area contributed by atoms with E-state index in [1.165, 1.54) is 10.8 Å². The van der Waals surface area contributed by atoms with Crippen LogP contribution in [0.5, 0.6) is 0 Å². The van der Waals surface area contributed by atoms with Crippen LogP contribution in [0.25, 0.3) is 117 Å². The Morgan fingerprint density at radius 1 is 0.421 bits per heavy atom. The summed E-state index contributed by atoms with van der Waals surface area (Å²) in [5.41, 5.74) is 9.50. The normalized spacial score (nSPS) is 11.9. The summed E-state index contributed by atoms with van der Waals surface area (Å²) in [6, 6.07) is 59.9. The van der Waals surface area contributed by atoms with E-state index >= 15 is 0 Å². The summed E-state index contributed by atoms with van der Waals surface area (Å²) in [5, 5.41) is 6.65. The van der Waals surface area contributed by atoms with E-state index in [-0.39, 0.29) is 0 Å². The zero-order valence-corrected chi connectivity index (χ0v) is 30.3. The van der Waals surface area contributed by atoms with Crippen LogP contribution in [0.4, 0.5) is 0 Å². The molecule has 4 aromatic heterocycles. The lowest BCUT2D eigenvalue weighted by Gasteiger charge is -2.12. The van der Waals surface area contributed by atoms with E-state index in [1.54, 1.807) is 0 Å². The van der Waals surface area contributed by atoms with Crippen molar-refractivity contribution >= 4 is 65.6 Å². The average molecular weight is 732 g/mol. The van der Waals surface area contributed by atoms with Gasteiger partial charge in [-0.3, -0.25) is 0 Å². The van der Waals surface area contributed by atoms with Crippen molar-refractivity contribution in [2.75, 3.05) is 0 Å². The quantitative estimate of drug-likeness (QED) is 0.175. The number of fused-ring (bicyclic) bond motifs is 10. The van der Waals surface area contributed by atoms with Gasteiger partial charge in [0.25, 0.3) is 0 Å². The first kappa shape index (κ1) is 31.5. The van der Waals surface area contributed by atoms with Crippen LogP contribution in [0.15, 0.2) is 185 Å². The van der Waals surface area contributed by atoms with Gasteiger partial charge in [0.2, 0.25) is 5.89 Å². The van der Waals surface area contributed by atoms with Crippen molar-refractivity contribution in [2.24, 2.45) is 0 Å². The molecule has 0 aliphatic carbocycles. The predicted molar refractivity (Wildman–Crippen MR) is 228 cm³/mol. The molecular formula is C50H29N5O2. The summed E-state index contributed by atoms with van der Waals surface area (Å²) < 4.78 is 15.4. The third-order valence-corrected chi connectivity index (χ3v) is 10.9. The molecule has 0 saturated heterocycles. The maximum Gasteiger partial charge on any atom is 0.227 e. The van der Waals surface area contributed by atoms with E-state index in [1.807, 2.05) is 91.0 Å². The Bertz CT molecular complexity index is 3530. The third kappa shape index (κ3) is 4.92. The molecule has 12 rings (SSSR count). The van der Waals surface area contributed by atoms with E-state index in [9.17, 15) is 0 Å². The molecule has 0 fully saturated rings. The predicted octanol–water partition coefficient (Wildman–Crippen LogP) is 12.8. The van der Waals surface area contributed by atoms with Crippen molar-refractivity contribution < 1.29 is 8.83 Å². The lowest BCUT2D eigenvalue weighted by atomic mass is 10.0. The molecule has 7 nitrogen and oxygen atoms in total. The van der Waals surface area contributed by atoms with Crippen LogP contribution >= 0.6 is 0 Å². The van der Waals surface area contributed by atoms with Gasteiger partial charge in [0.05, 0.1) is 16.6 Å². The molecule has 0 aliphatic rings. The fourth-order valence-electron chi connectivity index (χ4n) is 8.27. The van der Waals surface area contributed by atoms with Gasteiger partial charge in [0, 0.05) is 43.9 Å². The van der Waals surface area contributed by atoms with Gasteiger partial charge in [-0.15, -0.1) is 0 Å². The van der Waals surface area contributed by atoms with Gasteiger partial charge in [-0.05, 0) is 65.4 Å². The van der Waals surface area contributed by atoms with Crippen LogP contribution < -0.4 is 0 Å². The number of hydrogen-bond acceptors (Lipinski definition) is 6. The number of aromatic nitrogens is 5. The number of benzene rings is 8. The fourth-order valence-corrected chi connectivity index (χ4v) is 8.27. The van der Waals surface area contributed by atoms with Crippen LogP contribution in [-0.4, -0.2) is 24.5 Å². The van der Waals surface area contributed by atoms with Crippen LogP contribution in [0, 0.1) is 0 Å². The Kier molecular flexibility index (Phi) is 6.79. The number of para-hydroxylation sites is 2. The summed E-state index contributed by atoms with van der Waals surface area (Å²) in [4.78, 5) is 20.3. The number of rotatable bonds is 5. The van der Waals surface area contributed by atoms with Gasteiger partial charge in [-0.2, -0.15) is 0 Å². The molecule has 0 radical (unpaired) electrons. The van der Waals surface area contributed by atoms with Crippen molar-refractivity contribution in [3.05, 3.63) is 176 Å². The maximum atomic E-state index is 6.70. The summed E-state index contributed by atoms with van der Waals surface area (Å²) in [7, 11) is 0. The van der Waals surface area contributed by atoms with Crippen molar-refractivity contribution in [1.82, 2.24) is 24.5 Å². The molecule has 0 spiro atoms. The van der Waals surface area contributed by atoms with Crippen LogP contribution in [-0.2, 0) is 0 Å². The molecule has 0 atom stereocenters. The molecule has 0 amide bonds. The van der Waals surface area contributed by atoms with Gasteiger partial charge < -0.3 is 13.4 Å². The Labute approximate surface area is 325 Å². The molecule has 7 heteroatoms. The van der Waals surface area contributed by atoms with Gasteiger partial charge in [0.1, 0.15) is 16.7 Å². The smallest absolute Gasteiger partial charge is 0.227 e. The van der Waals surface area contributed by atoms with E-state index < -0.39 is 0 Å². The molecule has 57 heavy (non-hydrogen) atoms. The second-order valence-electron chi connectivity index (χ2n) is 14.2. The Morgan fingerprint density at radius 3 is 1.96 bits per heavy atom. The molecule has 0 saturated carbocycles. The second-order valence-corrected chi connectivity index (χ2v) is 14.2. The van der Waals surface area contributed by atoms with Gasteiger partial charge in [-0.25, -0.2) is 19.9 Å². The monoisotopic (exact) mass is 731 g/mol. The Hall–Kier alpha value is -7.90. The largest absolute Gasteiger partial charge is 0.455 e. The standard InChI is InChI=1S/C50H29N5O2/c1-3-14-31(15-4-1)47-52-48(54-49(53-47)39-23-12-22-37-36-21-9-10-24-42(36)56-45(37)39)33-18-11-19-34(29-33)55-41-28-25-30-13-7-8-20-35(30)43(41)38-26-27-40-46(44(38)55)57-50(51-40)32-16-5-2-6-17-32/h1-29H. The first-order chi connectivity index (χ1) is 28.2. The van der Waals surface area contributed by atoms with Gasteiger partial charge in [0.15, 0.2) is 23.1 Å². The van der Waals surface area contributed by atoms with Crippen molar-refractivity contribution in [2.45, 2.75) is 0 Å². The van der Waals surface area contributed by atoms with Crippen LogP contribution in [0.1, 0.15) is 0 Å². The Balaban J connectivity index is 1.11. The van der Waals surface area contributed by atoms with Crippen LogP contribution in [0.2, 0.25) is 0 Å². The van der Waals surface area contributed by atoms with E-state index in [0.717, 1.165) is 82.8 Å². The van der Waals surface area contributed by atoms with E-state index in [0.29, 0.717) is 23.4 Å². The number of hydrogen-bond donors (Lipinski definition) is 0. The topological polar surface area (TPSA) is 82.8 Å². The van der Waals surface area contributed by atoms with Gasteiger partial charge >= 0.3 is 0 Å². The molecule has 0 aliphatic heterocycles. The van der Waals surface area contributed by atoms with E-state index in [2.05, 4.69) is 89.5 Å². The average Bonchev–Trinajstić information content (AvgIpc) is 3.99. The molecule has 0 unspecified atom stereocenters. The second kappa shape index (κ2) is 12.3. The minimum absolute atomic E-state index is 0.536. The molecular weight excluding hydrogens is 703 g/mol. The molecule has 12 aromatic rings. The summed E-state index contributed by atoms with van der Waals surface area (Å²) in [5.74, 6) is 2.25. The van der Waals surface area contributed by atoms with E-state index in [4.69, 9.17) is 28.8 Å². The lowest BCUT2D eigenvalue weighted by Crippen LogP contribution is -2.01. The highest BCUT2D eigenvalue weighted by Gasteiger charge is 2.22. The molecule has 266 valence electrons. The first-order valence-corrected chi connectivity index (χ1v) is 18.9. The minimum Gasteiger partial charge on any atom is -0.455 e. The van der Waals surface area contributed by atoms with Crippen LogP contribution in [0.3, 0.4) is 0 Å². The van der Waals surface area contributed by atoms with Crippen molar-refractivity contribution in [3.63, 3.8) is 0 Å². The van der Waals surface area contributed by atoms with Gasteiger partial charge in [-0.1, -0.05) is 121 Å². The summed E-state index contributed by atoms with van der Waals surface area (Å²) in [6.07, 6.45) is 0. The number of furan rings is 1. The number of nitrogens with zero attached hydrogens (tertiary/aromatic N) is 5. The zero-order valence-electron chi connectivity index (χ0n) is 30.3. The Morgan fingerprint density at radius 2 is 1.11 bits per heavy atom. The summed E-state index contributed by atoms with van der Waals surface area (Å²) in [6.45, 7) is 0. The highest BCUT2D eigenvalue weighted by Crippen LogP contribution is 2.42. The molecule has 8 aromatic carbocycles. The highest BCUT2D eigenvalue weighted by molar-refractivity contribution is 6.25. The minimum atomic E-state index is 0.536. The fraction of sp³-hybridized carbons (Fsp3) is 0. The lowest BCUT2D eigenvalue weighted by molar-refractivity contribution is 0.621. The number of oxazole rings is 1. The van der Waals surface area contributed by atoms with Crippen molar-refractivity contribution in [1.29, 1.82) is 0 Å². The molecule has 4 heterocycles. The third-order valence-electron chi connectivity index (χ3n) is 10.9. The van der Waals surface area contributed by atoms with Crippen molar-refractivity contribution in [3.8, 4) is 51.3 Å². The first-order valence-electron chi connectivity index (χ1n) is 18.9. The molecule has 0 N–H and O–H groups in total. The molecule has 0 bridgehead atoms.